The van der Waals surface area contributed by atoms with Crippen molar-refractivity contribution in [1.82, 2.24) is 9.97 Å². The molecule has 0 bridgehead atoms. The summed E-state index contributed by atoms with van der Waals surface area (Å²) in [6, 6.07) is 11.0. The van der Waals surface area contributed by atoms with Gasteiger partial charge < -0.3 is 9.47 Å². The Morgan fingerprint density at radius 1 is 1.23 bits per heavy atom. The summed E-state index contributed by atoms with van der Waals surface area (Å²) in [7, 11) is 0. The number of rotatable bonds is 2. The molecule has 22 heavy (non-hydrogen) atoms. The highest BCUT2D eigenvalue weighted by Gasteiger charge is 2.60. The van der Waals surface area contributed by atoms with Crippen LogP contribution in [0.4, 0.5) is 10.6 Å². The Labute approximate surface area is 131 Å². The minimum absolute atomic E-state index is 0.0860. The third-order valence-corrected chi connectivity index (χ3v) is 4.09. The topological polar surface area (TPSA) is 64.6 Å². The van der Waals surface area contributed by atoms with E-state index in [0.29, 0.717) is 19.0 Å². The van der Waals surface area contributed by atoms with E-state index in [1.54, 1.807) is 6.07 Å². The lowest BCUT2D eigenvalue weighted by atomic mass is 9.86. The highest BCUT2D eigenvalue weighted by atomic mass is 35.5. The number of nitrogens with zero attached hydrogens (tertiary/aromatic N) is 3. The van der Waals surface area contributed by atoms with Crippen molar-refractivity contribution in [2.75, 3.05) is 18.1 Å². The molecule has 0 aliphatic carbocycles. The zero-order valence-electron chi connectivity index (χ0n) is 11.5. The van der Waals surface area contributed by atoms with Gasteiger partial charge in [-0.15, -0.1) is 0 Å². The lowest BCUT2D eigenvalue weighted by Gasteiger charge is -2.40. The molecule has 1 aromatic heterocycles. The molecule has 2 aromatic rings. The van der Waals surface area contributed by atoms with Crippen LogP contribution in [0.25, 0.3) is 0 Å². The Balaban J connectivity index is 1.83. The smallest absolute Gasteiger partial charge is 0.417 e. The second-order valence-electron chi connectivity index (χ2n) is 5.29. The van der Waals surface area contributed by atoms with Crippen molar-refractivity contribution in [1.29, 1.82) is 0 Å². The van der Waals surface area contributed by atoms with Crippen molar-refractivity contribution >= 4 is 23.5 Å². The van der Waals surface area contributed by atoms with E-state index in [2.05, 4.69) is 9.97 Å². The summed E-state index contributed by atoms with van der Waals surface area (Å²) in [4.78, 5) is 21.9. The average Bonchev–Trinajstić information content (AvgIpc) is 2.82. The average molecular weight is 318 g/mol. The summed E-state index contributed by atoms with van der Waals surface area (Å²) in [6.45, 7) is 0.737. The molecule has 0 N–H and O–H groups in total. The van der Waals surface area contributed by atoms with Gasteiger partial charge >= 0.3 is 6.09 Å². The zero-order valence-corrected chi connectivity index (χ0v) is 12.2. The SMILES string of the molecule is O=C1OC2(COC2)C(c2ccccc2)N1c1ccnc(Cl)n1. The summed E-state index contributed by atoms with van der Waals surface area (Å²) in [6.07, 6.45) is 1.06. The first-order valence-corrected chi connectivity index (χ1v) is 7.21. The molecular weight excluding hydrogens is 306 g/mol. The van der Waals surface area contributed by atoms with Gasteiger partial charge in [0.15, 0.2) is 5.60 Å². The van der Waals surface area contributed by atoms with Crippen molar-refractivity contribution in [2.24, 2.45) is 0 Å². The summed E-state index contributed by atoms with van der Waals surface area (Å²) >= 11 is 5.86. The molecule has 2 fully saturated rings. The van der Waals surface area contributed by atoms with Crippen LogP contribution in [0.1, 0.15) is 11.6 Å². The second kappa shape index (κ2) is 4.93. The molecule has 1 spiro atoms. The van der Waals surface area contributed by atoms with Crippen molar-refractivity contribution in [3.05, 3.63) is 53.4 Å². The van der Waals surface area contributed by atoms with Crippen molar-refractivity contribution < 1.29 is 14.3 Å². The van der Waals surface area contributed by atoms with Gasteiger partial charge in [-0.2, -0.15) is 0 Å². The van der Waals surface area contributed by atoms with Crippen LogP contribution < -0.4 is 4.90 Å². The number of ether oxygens (including phenoxy) is 2. The van der Waals surface area contributed by atoms with Crippen LogP contribution in [0.5, 0.6) is 0 Å². The molecule has 3 heterocycles. The Bertz CT molecular complexity index is 721. The third-order valence-electron chi connectivity index (χ3n) is 3.91. The fourth-order valence-electron chi connectivity index (χ4n) is 2.91. The maximum absolute atomic E-state index is 12.4. The van der Waals surface area contributed by atoms with Gasteiger partial charge in [-0.05, 0) is 23.2 Å². The molecule has 2 aliphatic heterocycles. The Morgan fingerprint density at radius 3 is 2.64 bits per heavy atom. The van der Waals surface area contributed by atoms with Crippen LogP contribution in [0.15, 0.2) is 42.6 Å². The van der Waals surface area contributed by atoms with Crippen LogP contribution >= 0.6 is 11.6 Å². The summed E-state index contributed by atoms with van der Waals surface area (Å²) in [5.41, 5.74) is 0.293. The molecular formula is C15H12ClN3O3. The lowest BCUT2D eigenvalue weighted by molar-refractivity contribution is -0.170. The standard InChI is InChI=1S/C15H12ClN3O3/c16-13-17-7-6-11(18-13)19-12(10-4-2-1-3-5-10)15(8-21-9-15)22-14(19)20/h1-7,12H,8-9H2. The van der Waals surface area contributed by atoms with Crippen LogP contribution in [-0.2, 0) is 9.47 Å². The van der Waals surface area contributed by atoms with E-state index >= 15 is 0 Å². The molecule has 1 amide bonds. The highest BCUT2D eigenvalue weighted by molar-refractivity contribution is 6.28. The van der Waals surface area contributed by atoms with E-state index in [0.717, 1.165) is 5.56 Å². The van der Waals surface area contributed by atoms with Gasteiger partial charge in [0.25, 0.3) is 0 Å². The molecule has 2 aliphatic rings. The molecule has 1 aromatic carbocycles. The number of amides is 1. The largest absolute Gasteiger partial charge is 0.435 e. The Morgan fingerprint density at radius 2 is 2.00 bits per heavy atom. The zero-order chi connectivity index (χ0) is 15.2. The maximum atomic E-state index is 12.4. The number of anilines is 1. The third kappa shape index (κ3) is 1.95. The number of benzene rings is 1. The molecule has 4 rings (SSSR count). The van der Waals surface area contributed by atoms with Crippen LogP contribution in [-0.4, -0.2) is 34.9 Å². The number of hydrogen-bond acceptors (Lipinski definition) is 5. The molecule has 112 valence electrons. The first kappa shape index (κ1) is 13.5. The number of aromatic nitrogens is 2. The normalized spacial score (nSPS) is 22.5. The van der Waals surface area contributed by atoms with E-state index in [9.17, 15) is 4.79 Å². The predicted molar refractivity (Wildman–Crippen MR) is 78.7 cm³/mol. The van der Waals surface area contributed by atoms with E-state index in [1.165, 1.54) is 11.1 Å². The van der Waals surface area contributed by atoms with Crippen LogP contribution in [0.3, 0.4) is 0 Å². The van der Waals surface area contributed by atoms with Gasteiger partial charge in [-0.25, -0.2) is 19.7 Å². The second-order valence-corrected chi connectivity index (χ2v) is 5.63. The lowest BCUT2D eigenvalue weighted by Crippen LogP contribution is -2.54. The van der Waals surface area contributed by atoms with Gasteiger partial charge in [0.1, 0.15) is 11.9 Å². The highest BCUT2D eigenvalue weighted by Crippen LogP contribution is 2.47. The van der Waals surface area contributed by atoms with Crippen LogP contribution in [0, 0.1) is 0 Å². The molecule has 2 saturated heterocycles. The minimum atomic E-state index is -0.671. The first-order chi connectivity index (χ1) is 10.7. The van der Waals surface area contributed by atoms with Crippen molar-refractivity contribution in [3.63, 3.8) is 0 Å². The number of carbonyl (C=O) groups is 1. The van der Waals surface area contributed by atoms with E-state index in [1.807, 2.05) is 30.3 Å². The monoisotopic (exact) mass is 317 g/mol. The number of carbonyl (C=O) groups excluding carboxylic acids is 1. The number of hydrogen-bond donors (Lipinski definition) is 0. The Hall–Kier alpha value is -2.18. The summed E-state index contributed by atoms with van der Waals surface area (Å²) in [5.74, 6) is 0.419. The fourth-order valence-corrected chi connectivity index (χ4v) is 3.06. The maximum Gasteiger partial charge on any atom is 0.417 e. The van der Waals surface area contributed by atoms with Gasteiger partial charge in [-0.3, -0.25) is 0 Å². The number of halogens is 1. The van der Waals surface area contributed by atoms with E-state index in [4.69, 9.17) is 21.1 Å². The quantitative estimate of drug-likeness (QED) is 0.797. The van der Waals surface area contributed by atoms with E-state index in [-0.39, 0.29) is 11.3 Å². The van der Waals surface area contributed by atoms with Gasteiger partial charge in [0, 0.05) is 6.20 Å². The Kier molecular flexibility index (Phi) is 3.02. The summed E-state index contributed by atoms with van der Waals surface area (Å²) < 4.78 is 10.9. The van der Waals surface area contributed by atoms with E-state index < -0.39 is 11.7 Å². The molecule has 7 heteroatoms. The van der Waals surface area contributed by atoms with Gasteiger partial charge in [-0.1, -0.05) is 30.3 Å². The fraction of sp³-hybridized carbons (Fsp3) is 0.267. The van der Waals surface area contributed by atoms with Crippen molar-refractivity contribution in [2.45, 2.75) is 11.6 Å². The summed E-state index contributed by atoms with van der Waals surface area (Å²) in [5, 5.41) is 0.0860. The van der Waals surface area contributed by atoms with Gasteiger partial charge in [0.05, 0.1) is 13.2 Å². The molecule has 1 atom stereocenters. The molecule has 0 radical (unpaired) electrons. The molecule has 6 nitrogen and oxygen atoms in total. The predicted octanol–water partition coefficient (Wildman–Crippen LogP) is 2.60. The first-order valence-electron chi connectivity index (χ1n) is 6.83. The van der Waals surface area contributed by atoms with Gasteiger partial charge in [0.2, 0.25) is 5.28 Å². The van der Waals surface area contributed by atoms with Crippen molar-refractivity contribution in [3.8, 4) is 0 Å². The minimum Gasteiger partial charge on any atom is -0.435 e. The molecule has 1 unspecified atom stereocenters. The van der Waals surface area contributed by atoms with Crippen LogP contribution in [0.2, 0.25) is 5.28 Å². The molecule has 0 saturated carbocycles.